The summed E-state index contributed by atoms with van der Waals surface area (Å²) >= 11 is 4.97. The number of carbonyl (C=O) groups is 1. The lowest BCUT2D eigenvalue weighted by atomic mass is 10.2. The molecule has 1 amide bonds. The molecule has 94 valence electrons. The second kappa shape index (κ2) is 5.50. The van der Waals surface area contributed by atoms with Crippen LogP contribution < -0.4 is 5.32 Å². The monoisotopic (exact) mass is 316 g/mol. The van der Waals surface area contributed by atoms with E-state index in [0.29, 0.717) is 6.04 Å². The first-order chi connectivity index (χ1) is 8.08. The molecule has 1 aromatic rings. The number of thiophene rings is 1. The first-order valence-corrected chi connectivity index (χ1v) is 7.43. The number of amides is 1. The lowest BCUT2D eigenvalue weighted by molar-refractivity contribution is 0.0788. The molecule has 0 saturated carbocycles. The van der Waals surface area contributed by atoms with Crippen molar-refractivity contribution in [2.24, 2.45) is 0 Å². The number of rotatable bonds is 3. The molecule has 0 spiro atoms. The van der Waals surface area contributed by atoms with Gasteiger partial charge in [0.2, 0.25) is 0 Å². The molecule has 1 fully saturated rings. The average Bonchev–Trinajstić information content (AvgIpc) is 2.89. The molecule has 1 atom stereocenters. The number of carbonyl (C=O) groups excluding carboxylic acids is 1. The highest BCUT2D eigenvalue weighted by atomic mass is 79.9. The molecule has 1 unspecified atom stereocenters. The molecule has 1 aliphatic heterocycles. The van der Waals surface area contributed by atoms with Gasteiger partial charge in [0.15, 0.2) is 0 Å². The van der Waals surface area contributed by atoms with Crippen LogP contribution in [0.5, 0.6) is 0 Å². The standard InChI is InChI=1S/C12H17BrN2OS/c1-8-6-10(17-11(8)13)12(16)15(2)7-9-4-3-5-14-9/h6,9,14H,3-5,7H2,1-2H3. The van der Waals surface area contributed by atoms with Crippen molar-refractivity contribution >= 4 is 33.2 Å². The van der Waals surface area contributed by atoms with Crippen molar-refractivity contribution in [2.45, 2.75) is 25.8 Å². The van der Waals surface area contributed by atoms with Crippen molar-refractivity contribution < 1.29 is 4.79 Å². The lowest BCUT2D eigenvalue weighted by Crippen LogP contribution is -2.38. The summed E-state index contributed by atoms with van der Waals surface area (Å²) in [6.45, 7) is 3.89. The fourth-order valence-corrected chi connectivity index (χ4v) is 3.61. The van der Waals surface area contributed by atoms with Crippen molar-refractivity contribution in [1.82, 2.24) is 10.2 Å². The molecule has 1 saturated heterocycles. The zero-order valence-electron chi connectivity index (χ0n) is 10.1. The second-order valence-corrected chi connectivity index (χ2v) is 6.92. The van der Waals surface area contributed by atoms with Crippen LogP contribution in [0.4, 0.5) is 0 Å². The third-order valence-corrected chi connectivity index (χ3v) is 5.20. The molecule has 0 aliphatic carbocycles. The molecule has 1 aromatic heterocycles. The van der Waals surface area contributed by atoms with Gasteiger partial charge in [-0.2, -0.15) is 0 Å². The number of halogens is 1. The smallest absolute Gasteiger partial charge is 0.263 e. The Bertz CT molecular complexity index is 393. The maximum atomic E-state index is 12.2. The number of nitrogens with zero attached hydrogens (tertiary/aromatic N) is 1. The molecule has 3 nitrogen and oxygen atoms in total. The highest BCUT2D eigenvalue weighted by Crippen LogP contribution is 2.28. The van der Waals surface area contributed by atoms with Crippen LogP contribution >= 0.6 is 27.3 Å². The largest absolute Gasteiger partial charge is 0.339 e. The Morgan fingerprint density at radius 2 is 2.47 bits per heavy atom. The van der Waals surface area contributed by atoms with Gasteiger partial charge in [0, 0.05) is 19.6 Å². The van der Waals surface area contributed by atoms with Crippen molar-refractivity contribution in [3.8, 4) is 0 Å². The van der Waals surface area contributed by atoms with Crippen LogP contribution in [0.25, 0.3) is 0 Å². The fraction of sp³-hybridized carbons (Fsp3) is 0.583. The fourth-order valence-electron chi connectivity index (χ4n) is 2.08. The highest BCUT2D eigenvalue weighted by Gasteiger charge is 2.21. The van der Waals surface area contributed by atoms with E-state index in [-0.39, 0.29) is 5.91 Å². The average molecular weight is 317 g/mol. The quantitative estimate of drug-likeness (QED) is 0.929. The molecule has 0 bridgehead atoms. The van der Waals surface area contributed by atoms with Crippen LogP contribution in [0, 0.1) is 6.92 Å². The molecular formula is C12H17BrN2OS. The van der Waals surface area contributed by atoms with E-state index in [9.17, 15) is 4.79 Å². The van der Waals surface area contributed by atoms with Crippen molar-refractivity contribution in [2.75, 3.05) is 20.1 Å². The lowest BCUT2D eigenvalue weighted by Gasteiger charge is -2.20. The van der Waals surface area contributed by atoms with Crippen molar-refractivity contribution in [3.05, 3.63) is 20.3 Å². The van der Waals surface area contributed by atoms with E-state index in [2.05, 4.69) is 21.2 Å². The maximum absolute atomic E-state index is 12.2. The van der Waals surface area contributed by atoms with Crippen LogP contribution in [0.15, 0.2) is 9.85 Å². The molecule has 5 heteroatoms. The zero-order chi connectivity index (χ0) is 12.4. The van der Waals surface area contributed by atoms with E-state index in [1.165, 1.54) is 24.2 Å². The second-order valence-electron chi connectivity index (χ2n) is 4.55. The summed E-state index contributed by atoms with van der Waals surface area (Å²) in [7, 11) is 1.88. The van der Waals surface area contributed by atoms with Crippen LogP contribution in [-0.2, 0) is 0 Å². The molecule has 0 radical (unpaired) electrons. The summed E-state index contributed by atoms with van der Waals surface area (Å²) in [6.07, 6.45) is 2.39. The van der Waals surface area contributed by atoms with Gasteiger partial charge < -0.3 is 10.2 Å². The van der Waals surface area contributed by atoms with Gasteiger partial charge in [0.1, 0.15) is 0 Å². The molecule has 1 N–H and O–H groups in total. The Morgan fingerprint density at radius 1 is 1.71 bits per heavy atom. The summed E-state index contributed by atoms with van der Waals surface area (Å²) in [5, 5.41) is 3.41. The van der Waals surface area contributed by atoms with Crippen LogP contribution in [-0.4, -0.2) is 37.0 Å². The highest BCUT2D eigenvalue weighted by molar-refractivity contribution is 9.11. The Kier molecular flexibility index (Phi) is 4.22. The minimum absolute atomic E-state index is 0.123. The van der Waals surface area contributed by atoms with E-state index < -0.39 is 0 Å². The van der Waals surface area contributed by atoms with Gasteiger partial charge in [0.25, 0.3) is 5.91 Å². The number of aryl methyl sites for hydroxylation is 1. The predicted octanol–water partition coefficient (Wildman–Crippen LogP) is 2.64. The summed E-state index contributed by atoms with van der Waals surface area (Å²) in [5.41, 5.74) is 1.13. The van der Waals surface area contributed by atoms with E-state index in [0.717, 1.165) is 27.3 Å². The molecular weight excluding hydrogens is 300 g/mol. The van der Waals surface area contributed by atoms with Crippen molar-refractivity contribution in [1.29, 1.82) is 0 Å². The maximum Gasteiger partial charge on any atom is 0.263 e. The topological polar surface area (TPSA) is 32.3 Å². The van der Waals surface area contributed by atoms with Gasteiger partial charge in [-0.05, 0) is 53.9 Å². The summed E-state index contributed by atoms with van der Waals surface area (Å²) < 4.78 is 1.05. The number of hydrogen-bond acceptors (Lipinski definition) is 3. The minimum atomic E-state index is 0.123. The molecule has 1 aliphatic rings. The van der Waals surface area contributed by atoms with Crippen molar-refractivity contribution in [3.63, 3.8) is 0 Å². The van der Waals surface area contributed by atoms with E-state index >= 15 is 0 Å². The number of nitrogens with one attached hydrogen (secondary N) is 1. The normalized spacial score (nSPS) is 19.6. The van der Waals surface area contributed by atoms with E-state index in [4.69, 9.17) is 0 Å². The van der Waals surface area contributed by atoms with Gasteiger partial charge in [-0.25, -0.2) is 0 Å². The van der Waals surface area contributed by atoms with Gasteiger partial charge in [-0.15, -0.1) is 11.3 Å². The first-order valence-electron chi connectivity index (χ1n) is 5.82. The van der Waals surface area contributed by atoms with Gasteiger partial charge in [-0.1, -0.05) is 0 Å². The summed E-state index contributed by atoms with van der Waals surface area (Å²) in [6, 6.07) is 2.42. The predicted molar refractivity (Wildman–Crippen MR) is 74.7 cm³/mol. The first kappa shape index (κ1) is 13.1. The van der Waals surface area contributed by atoms with Gasteiger partial charge in [-0.3, -0.25) is 4.79 Å². The van der Waals surface area contributed by atoms with Gasteiger partial charge in [0.05, 0.1) is 8.66 Å². The Hall–Kier alpha value is -0.390. The van der Waals surface area contributed by atoms with E-state index in [1.54, 1.807) is 0 Å². The minimum Gasteiger partial charge on any atom is -0.339 e. The number of likely N-dealkylation sites (N-methyl/N-ethyl adjacent to an activating group) is 1. The molecule has 17 heavy (non-hydrogen) atoms. The SMILES string of the molecule is Cc1cc(C(=O)N(C)CC2CCCN2)sc1Br. The van der Waals surface area contributed by atoms with Crippen LogP contribution in [0.3, 0.4) is 0 Å². The Morgan fingerprint density at radius 3 is 3.00 bits per heavy atom. The summed E-state index contributed by atoms with van der Waals surface area (Å²) in [5.74, 6) is 0.123. The number of hydrogen-bond donors (Lipinski definition) is 1. The Balaban J connectivity index is 1.98. The van der Waals surface area contributed by atoms with Gasteiger partial charge >= 0.3 is 0 Å². The Labute approximate surface area is 114 Å². The van der Waals surface area contributed by atoms with E-state index in [1.807, 2.05) is 24.9 Å². The van der Waals surface area contributed by atoms with Crippen LogP contribution in [0.2, 0.25) is 0 Å². The zero-order valence-corrected chi connectivity index (χ0v) is 12.5. The molecule has 2 rings (SSSR count). The molecule has 0 aromatic carbocycles. The van der Waals surface area contributed by atoms with Crippen LogP contribution in [0.1, 0.15) is 28.1 Å². The third-order valence-electron chi connectivity index (χ3n) is 3.07. The third kappa shape index (κ3) is 3.09. The molecule has 2 heterocycles. The summed E-state index contributed by atoms with van der Waals surface area (Å²) in [4.78, 5) is 14.8.